The zero-order chi connectivity index (χ0) is 22.2. The molecule has 3 aromatic carbocycles. The van der Waals surface area contributed by atoms with Crippen molar-refractivity contribution in [2.75, 3.05) is 18.6 Å². The van der Waals surface area contributed by atoms with E-state index in [1.165, 1.54) is 12.1 Å². The lowest BCUT2D eigenvalue weighted by atomic mass is 10.0. The first-order valence-electron chi connectivity index (χ1n) is 10.2. The van der Waals surface area contributed by atoms with Crippen LogP contribution in [0.1, 0.15) is 15.9 Å². The molecule has 0 bridgehead atoms. The zero-order valence-electron chi connectivity index (χ0n) is 17.3. The van der Waals surface area contributed by atoms with Gasteiger partial charge in [0.05, 0.1) is 34.5 Å². The highest BCUT2D eigenvalue weighted by atomic mass is 16.6. The van der Waals surface area contributed by atoms with Crippen LogP contribution in [0.3, 0.4) is 0 Å². The molecule has 2 heterocycles. The van der Waals surface area contributed by atoms with E-state index in [9.17, 15) is 14.9 Å². The second-order valence-corrected chi connectivity index (χ2v) is 7.58. The number of rotatable bonds is 4. The quantitative estimate of drug-likeness (QED) is 0.338. The molecular weight excluding hydrogens is 406 g/mol. The van der Waals surface area contributed by atoms with Crippen molar-refractivity contribution in [3.8, 4) is 17.0 Å². The summed E-state index contributed by atoms with van der Waals surface area (Å²) in [6, 6.07) is 21.5. The van der Waals surface area contributed by atoms with Crippen molar-refractivity contribution in [2.24, 2.45) is 0 Å². The fourth-order valence-corrected chi connectivity index (χ4v) is 4.10. The van der Waals surface area contributed by atoms with Gasteiger partial charge in [0.15, 0.2) is 0 Å². The number of methoxy groups -OCH3 is 1. The van der Waals surface area contributed by atoms with Crippen molar-refractivity contribution in [3.63, 3.8) is 0 Å². The van der Waals surface area contributed by atoms with Crippen LogP contribution in [-0.2, 0) is 6.42 Å². The van der Waals surface area contributed by atoms with Crippen LogP contribution >= 0.6 is 0 Å². The molecule has 32 heavy (non-hydrogen) atoms. The highest BCUT2D eigenvalue weighted by Gasteiger charge is 2.29. The topological polar surface area (TPSA) is 85.6 Å². The van der Waals surface area contributed by atoms with Gasteiger partial charge in [-0.1, -0.05) is 24.3 Å². The van der Waals surface area contributed by atoms with Crippen LogP contribution in [0.4, 0.5) is 11.4 Å². The molecule has 0 radical (unpaired) electrons. The van der Waals surface area contributed by atoms with Gasteiger partial charge < -0.3 is 9.64 Å². The molecule has 0 fully saturated rings. The van der Waals surface area contributed by atoms with Crippen LogP contribution in [0, 0.1) is 10.1 Å². The number of nitrogens with zero attached hydrogens (tertiary/aromatic N) is 3. The molecule has 1 aromatic heterocycles. The SMILES string of the molecule is COc1ccc(-c2cc(C(=O)N3CCc4ccc([N+](=O)[O-])cc43)c3ccccc3n2)cc1. The predicted octanol–water partition coefficient (Wildman–Crippen LogP) is 5.02. The third-order valence-corrected chi connectivity index (χ3v) is 5.75. The summed E-state index contributed by atoms with van der Waals surface area (Å²) in [6.45, 7) is 0.476. The van der Waals surface area contributed by atoms with Crippen molar-refractivity contribution in [1.29, 1.82) is 0 Å². The summed E-state index contributed by atoms with van der Waals surface area (Å²) in [5.74, 6) is 0.540. The third kappa shape index (κ3) is 3.33. The number of amides is 1. The maximum absolute atomic E-state index is 13.7. The van der Waals surface area contributed by atoms with E-state index in [-0.39, 0.29) is 11.6 Å². The van der Waals surface area contributed by atoms with E-state index in [1.54, 1.807) is 24.1 Å². The number of carbonyl (C=O) groups excluding carboxylic acids is 1. The Hall–Kier alpha value is -4.26. The lowest BCUT2D eigenvalue weighted by molar-refractivity contribution is -0.384. The van der Waals surface area contributed by atoms with Crippen molar-refractivity contribution >= 4 is 28.2 Å². The normalized spacial score (nSPS) is 12.6. The molecule has 0 atom stereocenters. The Morgan fingerprint density at radius 1 is 1.06 bits per heavy atom. The Kier molecular flexibility index (Phi) is 4.78. The van der Waals surface area contributed by atoms with Gasteiger partial charge in [0.1, 0.15) is 5.75 Å². The van der Waals surface area contributed by atoms with Gasteiger partial charge in [-0.2, -0.15) is 0 Å². The summed E-state index contributed by atoms with van der Waals surface area (Å²) in [5, 5.41) is 12.0. The number of para-hydroxylation sites is 1. The third-order valence-electron chi connectivity index (χ3n) is 5.75. The summed E-state index contributed by atoms with van der Waals surface area (Å²) in [5.41, 5.74) is 4.26. The summed E-state index contributed by atoms with van der Waals surface area (Å²) in [4.78, 5) is 30.9. The number of fused-ring (bicyclic) bond motifs is 2. The summed E-state index contributed by atoms with van der Waals surface area (Å²) >= 11 is 0. The van der Waals surface area contributed by atoms with Gasteiger partial charge in [0.2, 0.25) is 0 Å². The van der Waals surface area contributed by atoms with Crippen LogP contribution < -0.4 is 9.64 Å². The number of pyridine rings is 1. The molecule has 158 valence electrons. The Labute approximate surface area is 184 Å². The standard InChI is InChI=1S/C25H19N3O4/c1-32-19-10-7-16(8-11-19)23-15-21(20-4-2-3-5-22(20)26-23)25(29)27-13-12-17-6-9-18(28(30)31)14-24(17)27/h2-11,14-15H,12-13H2,1H3. The van der Waals surface area contributed by atoms with Crippen LogP contribution in [0.15, 0.2) is 72.8 Å². The van der Waals surface area contributed by atoms with Gasteiger partial charge in [-0.3, -0.25) is 14.9 Å². The van der Waals surface area contributed by atoms with Crippen LogP contribution in [-0.4, -0.2) is 29.5 Å². The van der Waals surface area contributed by atoms with Gasteiger partial charge in [-0.15, -0.1) is 0 Å². The fourth-order valence-electron chi connectivity index (χ4n) is 4.10. The molecule has 5 rings (SSSR count). The Bertz CT molecular complexity index is 1370. The molecule has 0 N–H and O–H groups in total. The monoisotopic (exact) mass is 425 g/mol. The number of carbonyl (C=O) groups is 1. The molecule has 7 heteroatoms. The lowest BCUT2D eigenvalue weighted by Gasteiger charge is -2.19. The van der Waals surface area contributed by atoms with E-state index in [0.717, 1.165) is 22.3 Å². The molecular formula is C25H19N3O4. The molecule has 0 unspecified atom stereocenters. The summed E-state index contributed by atoms with van der Waals surface area (Å²) in [7, 11) is 1.61. The molecule has 1 aliphatic rings. The number of nitro benzene ring substituents is 1. The van der Waals surface area contributed by atoms with E-state index < -0.39 is 4.92 Å². The highest BCUT2D eigenvalue weighted by molar-refractivity contribution is 6.15. The minimum absolute atomic E-state index is 0.0260. The van der Waals surface area contributed by atoms with Gasteiger partial charge in [0.25, 0.3) is 11.6 Å². The second-order valence-electron chi connectivity index (χ2n) is 7.58. The molecule has 1 aliphatic heterocycles. The summed E-state index contributed by atoms with van der Waals surface area (Å²) < 4.78 is 5.24. The average molecular weight is 425 g/mol. The predicted molar refractivity (Wildman–Crippen MR) is 122 cm³/mol. The molecule has 0 spiro atoms. The van der Waals surface area contributed by atoms with Gasteiger partial charge in [0, 0.05) is 29.6 Å². The second kappa shape index (κ2) is 7.77. The van der Waals surface area contributed by atoms with Crippen LogP contribution in [0.25, 0.3) is 22.2 Å². The number of aromatic nitrogens is 1. The summed E-state index contributed by atoms with van der Waals surface area (Å²) in [6.07, 6.45) is 0.660. The number of hydrogen-bond donors (Lipinski definition) is 0. The first kappa shape index (κ1) is 19.7. The highest BCUT2D eigenvalue weighted by Crippen LogP contribution is 2.34. The minimum atomic E-state index is -0.440. The molecule has 4 aromatic rings. The van der Waals surface area contributed by atoms with E-state index in [4.69, 9.17) is 9.72 Å². The van der Waals surface area contributed by atoms with E-state index in [1.807, 2.05) is 48.5 Å². The minimum Gasteiger partial charge on any atom is -0.497 e. The maximum atomic E-state index is 13.7. The number of ether oxygens (including phenoxy) is 1. The van der Waals surface area contributed by atoms with Crippen LogP contribution in [0.5, 0.6) is 5.75 Å². The number of non-ortho nitro benzene ring substituents is 1. The van der Waals surface area contributed by atoms with E-state index in [2.05, 4.69) is 0 Å². The Balaban J connectivity index is 1.62. The van der Waals surface area contributed by atoms with Crippen LogP contribution in [0.2, 0.25) is 0 Å². The molecule has 0 saturated carbocycles. The van der Waals surface area contributed by atoms with Gasteiger partial charge in [-0.05, 0) is 48.4 Å². The molecule has 1 amide bonds. The lowest BCUT2D eigenvalue weighted by Crippen LogP contribution is -2.29. The maximum Gasteiger partial charge on any atom is 0.271 e. The fraction of sp³-hybridized carbons (Fsp3) is 0.120. The first-order chi connectivity index (χ1) is 15.5. The van der Waals surface area contributed by atoms with Crippen molar-refractivity contribution in [2.45, 2.75) is 6.42 Å². The molecule has 0 aliphatic carbocycles. The van der Waals surface area contributed by atoms with E-state index in [0.29, 0.717) is 35.4 Å². The number of benzene rings is 3. The smallest absolute Gasteiger partial charge is 0.271 e. The Morgan fingerprint density at radius 3 is 2.59 bits per heavy atom. The first-order valence-corrected chi connectivity index (χ1v) is 10.2. The molecule has 7 nitrogen and oxygen atoms in total. The Morgan fingerprint density at radius 2 is 1.84 bits per heavy atom. The average Bonchev–Trinajstić information content (AvgIpc) is 3.26. The van der Waals surface area contributed by atoms with Crippen molar-refractivity contribution < 1.29 is 14.5 Å². The van der Waals surface area contributed by atoms with E-state index >= 15 is 0 Å². The van der Waals surface area contributed by atoms with Crippen molar-refractivity contribution in [1.82, 2.24) is 4.98 Å². The largest absolute Gasteiger partial charge is 0.497 e. The van der Waals surface area contributed by atoms with Gasteiger partial charge >= 0.3 is 0 Å². The number of anilines is 1. The number of hydrogen-bond acceptors (Lipinski definition) is 5. The number of nitro groups is 1. The molecule has 0 saturated heterocycles. The van der Waals surface area contributed by atoms with Crippen molar-refractivity contribution in [3.05, 3.63) is 94.0 Å². The van der Waals surface area contributed by atoms with Gasteiger partial charge in [-0.25, -0.2) is 4.98 Å². The zero-order valence-corrected chi connectivity index (χ0v) is 17.3.